The third-order valence-electron chi connectivity index (χ3n) is 5.02. The van der Waals surface area contributed by atoms with Crippen LogP contribution in [0.4, 0.5) is 0 Å². The molecule has 1 aliphatic rings. The Morgan fingerprint density at radius 2 is 1.52 bits per heavy atom. The number of aromatic nitrogens is 1. The molecule has 2 heterocycles. The van der Waals surface area contributed by atoms with Crippen molar-refractivity contribution in [1.82, 2.24) is 4.57 Å². The standard InChI is InChI=1S/C22H21N3O6/c1-2-3-8-25-21(28)15-6-4-13(11-16(15)22(25)29)19(26)23-24-20(27)14-5-7-17-18(12-14)31-10-9-30-17/h4-7,11-12,28-29H,2-3,8-10H2,1H3. The highest BCUT2D eigenvalue weighted by atomic mass is 16.6. The van der Waals surface area contributed by atoms with E-state index in [2.05, 4.69) is 10.2 Å². The number of carbonyl (C=O) groups excluding carboxylic acids is 2. The van der Waals surface area contributed by atoms with Gasteiger partial charge in [-0.05, 0) is 42.8 Å². The zero-order valence-corrected chi connectivity index (χ0v) is 16.9. The van der Waals surface area contributed by atoms with Gasteiger partial charge in [-0.15, -0.1) is 10.2 Å². The van der Waals surface area contributed by atoms with Crippen molar-refractivity contribution in [2.75, 3.05) is 13.2 Å². The summed E-state index contributed by atoms with van der Waals surface area (Å²) in [5.74, 6) is -0.647. The van der Waals surface area contributed by atoms with E-state index in [1.165, 1.54) is 34.9 Å². The Morgan fingerprint density at radius 1 is 0.903 bits per heavy atom. The summed E-state index contributed by atoms with van der Waals surface area (Å²) in [6.07, 6.45) is 1.68. The van der Waals surface area contributed by atoms with Gasteiger partial charge in [0.15, 0.2) is 11.5 Å². The quantitative estimate of drug-likeness (QED) is 0.597. The maximum atomic E-state index is 12.4. The second-order valence-electron chi connectivity index (χ2n) is 7.08. The van der Waals surface area contributed by atoms with Crippen LogP contribution in [0.25, 0.3) is 10.8 Å². The zero-order chi connectivity index (χ0) is 22.0. The van der Waals surface area contributed by atoms with E-state index in [1.807, 2.05) is 6.92 Å². The summed E-state index contributed by atoms with van der Waals surface area (Å²) in [4.78, 5) is 24.7. The first-order valence-corrected chi connectivity index (χ1v) is 9.93. The van der Waals surface area contributed by atoms with Crippen molar-refractivity contribution in [1.29, 1.82) is 0 Å². The van der Waals surface area contributed by atoms with Crippen LogP contribution in [0.5, 0.6) is 23.3 Å². The van der Waals surface area contributed by atoms with Crippen molar-refractivity contribution in [2.24, 2.45) is 10.2 Å². The van der Waals surface area contributed by atoms with E-state index in [1.54, 1.807) is 6.07 Å². The maximum absolute atomic E-state index is 12.4. The molecule has 4 rings (SSSR count). The van der Waals surface area contributed by atoms with E-state index >= 15 is 0 Å². The number of amides is 2. The van der Waals surface area contributed by atoms with Gasteiger partial charge in [-0.25, -0.2) is 0 Å². The van der Waals surface area contributed by atoms with Crippen molar-refractivity contribution in [3.8, 4) is 23.3 Å². The molecule has 0 saturated carbocycles. The Labute approximate surface area is 177 Å². The fraction of sp³-hybridized carbons (Fsp3) is 0.273. The molecule has 9 nitrogen and oxygen atoms in total. The lowest BCUT2D eigenvalue weighted by atomic mass is 10.1. The molecule has 2 N–H and O–H groups in total. The normalized spacial score (nSPS) is 13.1. The maximum Gasteiger partial charge on any atom is 0.295 e. The summed E-state index contributed by atoms with van der Waals surface area (Å²) >= 11 is 0. The molecular formula is C22H21N3O6. The van der Waals surface area contributed by atoms with Crippen molar-refractivity contribution >= 4 is 22.6 Å². The number of hydrogen-bond donors (Lipinski definition) is 2. The van der Waals surface area contributed by atoms with Gasteiger partial charge < -0.3 is 19.7 Å². The fourth-order valence-electron chi connectivity index (χ4n) is 3.36. The number of azo groups is 1. The van der Waals surface area contributed by atoms with Crippen LogP contribution >= 0.6 is 0 Å². The van der Waals surface area contributed by atoms with Gasteiger partial charge in [0, 0.05) is 28.4 Å². The van der Waals surface area contributed by atoms with Gasteiger partial charge in [0.25, 0.3) is 11.8 Å². The van der Waals surface area contributed by atoms with Crippen LogP contribution in [0.15, 0.2) is 46.6 Å². The van der Waals surface area contributed by atoms with Crippen LogP contribution in [0, 0.1) is 0 Å². The average Bonchev–Trinajstić information content (AvgIpc) is 3.04. The van der Waals surface area contributed by atoms with Crippen LogP contribution in [0.1, 0.15) is 40.5 Å². The van der Waals surface area contributed by atoms with E-state index in [4.69, 9.17) is 9.47 Å². The van der Waals surface area contributed by atoms with Gasteiger partial charge in [-0.2, -0.15) is 0 Å². The summed E-state index contributed by atoms with van der Waals surface area (Å²) in [7, 11) is 0. The summed E-state index contributed by atoms with van der Waals surface area (Å²) in [5, 5.41) is 28.5. The molecule has 0 spiro atoms. The molecule has 160 valence electrons. The van der Waals surface area contributed by atoms with E-state index in [-0.39, 0.29) is 22.9 Å². The Bertz CT molecular complexity index is 1200. The van der Waals surface area contributed by atoms with Crippen molar-refractivity contribution in [2.45, 2.75) is 26.3 Å². The predicted molar refractivity (Wildman–Crippen MR) is 111 cm³/mol. The summed E-state index contributed by atoms with van der Waals surface area (Å²) in [6, 6.07) is 9.02. The number of hydrogen-bond acceptors (Lipinski definition) is 6. The highest BCUT2D eigenvalue weighted by molar-refractivity contribution is 6.03. The molecule has 31 heavy (non-hydrogen) atoms. The first-order chi connectivity index (χ1) is 15.0. The lowest BCUT2D eigenvalue weighted by molar-refractivity contribution is 0.0946. The van der Waals surface area contributed by atoms with Crippen molar-refractivity contribution < 1.29 is 29.3 Å². The van der Waals surface area contributed by atoms with Gasteiger partial charge >= 0.3 is 0 Å². The van der Waals surface area contributed by atoms with E-state index in [0.29, 0.717) is 42.0 Å². The van der Waals surface area contributed by atoms with E-state index in [0.717, 1.165) is 12.8 Å². The summed E-state index contributed by atoms with van der Waals surface area (Å²) in [6.45, 7) is 3.28. The van der Waals surface area contributed by atoms with Gasteiger partial charge in [0.2, 0.25) is 11.8 Å². The molecule has 3 aromatic rings. The Hall–Kier alpha value is -3.88. The number of benzene rings is 2. The molecule has 0 bridgehead atoms. The Balaban J connectivity index is 1.54. The predicted octanol–water partition coefficient (Wildman–Crippen LogP) is 4.06. The molecule has 0 radical (unpaired) electrons. The van der Waals surface area contributed by atoms with Crippen LogP contribution in [-0.2, 0) is 6.54 Å². The smallest absolute Gasteiger partial charge is 0.295 e. The average molecular weight is 423 g/mol. The number of ether oxygens (including phenoxy) is 2. The molecule has 2 aromatic carbocycles. The number of unbranched alkanes of at least 4 members (excludes halogenated alkanes) is 1. The highest BCUT2D eigenvalue weighted by Gasteiger charge is 2.18. The molecule has 1 aliphatic heterocycles. The van der Waals surface area contributed by atoms with Crippen LogP contribution in [0.2, 0.25) is 0 Å². The number of aromatic hydroxyl groups is 2. The first kappa shape index (κ1) is 20.4. The molecule has 9 heteroatoms. The molecular weight excluding hydrogens is 402 g/mol. The van der Waals surface area contributed by atoms with Gasteiger partial charge in [0.05, 0.1) is 0 Å². The van der Waals surface area contributed by atoms with Gasteiger partial charge in [-0.3, -0.25) is 14.2 Å². The fourth-order valence-corrected chi connectivity index (χ4v) is 3.36. The number of carbonyl (C=O) groups is 2. The van der Waals surface area contributed by atoms with E-state index in [9.17, 15) is 19.8 Å². The SMILES string of the molecule is CCCCn1c(O)c2ccc(C(=O)N=NC(=O)c3ccc4c(c3)OCCO4)cc2c1O. The lowest BCUT2D eigenvalue weighted by Gasteiger charge is -2.18. The molecule has 0 saturated heterocycles. The molecule has 0 aliphatic carbocycles. The van der Waals surface area contributed by atoms with Crippen molar-refractivity contribution in [3.63, 3.8) is 0 Å². The lowest BCUT2D eigenvalue weighted by Crippen LogP contribution is -2.15. The van der Waals surface area contributed by atoms with Crippen molar-refractivity contribution in [3.05, 3.63) is 47.5 Å². The van der Waals surface area contributed by atoms with Gasteiger partial charge in [-0.1, -0.05) is 13.3 Å². The largest absolute Gasteiger partial charge is 0.494 e. The second-order valence-corrected chi connectivity index (χ2v) is 7.08. The Morgan fingerprint density at radius 3 is 2.23 bits per heavy atom. The molecule has 2 amide bonds. The first-order valence-electron chi connectivity index (χ1n) is 9.93. The third kappa shape index (κ3) is 3.94. The monoisotopic (exact) mass is 423 g/mol. The minimum Gasteiger partial charge on any atom is -0.494 e. The molecule has 0 unspecified atom stereocenters. The zero-order valence-electron chi connectivity index (χ0n) is 16.9. The minimum absolute atomic E-state index is 0.0599. The van der Waals surface area contributed by atoms with Crippen LogP contribution < -0.4 is 9.47 Å². The molecule has 0 fully saturated rings. The highest BCUT2D eigenvalue weighted by Crippen LogP contribution is 2.37. The van der Waals surface area contributed by atoms with Crippen LogP contribution in [-0.4, -0.2) is 39.8 Å². The van der Waals surface area contributed by atoms with Crippen LogP contribution in [0.3, 0.4) is 0 Å². The second kappa shape index (κ2) is 8.47. The number of rotatable bonds is 5. The molecule has 0 atom stereocenters. The van der Waals surface area contributed by atoms with E-state index < -0.39 is 11.8 Å². The number of nitrogens with zero attached hydrogens (tertiary/aromatic N) is 3. The topological polar surface area (TPSA) is 123 Å². The van der Waals surface area contributed by atoms with Gasteiger partial charge in [0.1, 0.15) is 13.2 Å². The minimum atomic E-state index is -0.743. The summed E-state index contributed by atoms with van der Waals surface area (Å²) < 4.78 is 12.2. The Kier molecular flexibility index (Phi) is 5.57. The molecule has 1 aromatic heterocycles. The third-order valence-corrected chi connectivity index (χ3v) is 5.02. The number of fused-ring (bicyclic) bond motifs is 2. The summed E-state index contributed by atoms with van der Waals surface area (Å²) in [5.41, 5.74) is 0.348.